The molecule has 0 unspecified atom stereocenters. The number of pyridine rings is 1. The molecule has 3 aromatic rings. The molecule has 0 saturated heterocycles. The molecule has 1 N–H and O–H groups in total. The van der Waals surface area contributed by atoms with Gasteiger partial charge < -0.3 is 9.84 Å². The fourth-order valence-electron chi connectivity index (χ4n) is 2.83. The minimum Gasteiger partial charge on any atom is -0.489 e. The van der Waals surface area contributed by atoms with E-state index in [9.17, 15) is 9.50 Å². The molecule has 5 heteroatoms. The third-order valence-corrected chi connectivity index (χ3v) is 4.23. The third kappa shape index (κ3) is 5.88. The highest BCUT2D eigenvalue weighted by atomic mass is 19.1. The van der Waals surface area contributed by atoms with Gasteiger partial charge in [-0.2, -0.15) is 0 Å². The van der Waals surface area contributed by atoms with Gasteiger partial charge in [-0.15, -0.1) is 0 Å². The second-order valence-electron chi connectivity index (χ2n) is 6.32. The first kappa shape index (κ1) is 19.0. The van der Waals surface area contributed by atoms with E-state index in [1.165, 1.54) is 6.07 Å². The first-order valence-corrected chi connectivity index (χ1v) is 8.92. The van der Waals surface area contributed by atoms with Crippen molar-refractivity contribution in [3.8, 4) is 5.75 Å². The molecule has 4 nitrogen and oxygen atoms in total. The zero-order chi connectivity index (χ0) is 18.9. The van der Waals surface area contributed by atoms with E-state index in [1.807, 2.05) is 42.6 Å². The molecule has 0 aliphatic rings. The molecule has 140 valence electrons. The minimum absolute atomic E-state index is 0.101. The number of hydrogen-bond donors (Lipinski definition) is 1. The van der Waals surface area contributed by atoms with Crippen LogP contribution in [-0.2, 0) is 19.7 Å². The number of aromatic nitrogens is 1. The molecule has 0 radical (unpaired) electrons. The second kappa shape index (κ2) is 9.80. The summed E-state index contributed by atoms with van der Waals surface area (Å²) in [5, 5.41) is 9.33. The average Bonchev–Trinajstić information content (AvgIpc) is 2.69. The Morgan fingerprint density at radius 2 is 1.70 bits per heavy atom. The molecule has 1 aromatic heterocycles. The highest BCUT2D eigenvalue weighted by Gasteiger charge is 2.08. The van der Waals surface area contributed by atoms with E-state index in [2.05, 4.69) is 9.88 Å². The summed E-state index contributed by atoms with van der Waals surface area (Å²) in [6.07, 6.45) is 3.59. The number of aliphatic hydroxyl groups excluding tert-OH is 1. The molecular weight excluding hydrogens is 343 g/mol. The van der Waals surface area contributed by atoms with Crippen LogP contribution in [0.2, 0.25) is 0 Å². The number of hydrogen-bond acceptors (Lipinski definition) is 4. The van der Waals surface area contributed by atoms with Gasteiger partial charge in [0.25, 0.3) is 0 Å². The molecule has 3 rings (SSSR count). The topological polar surface area (TPSA) is 45.6 Å². The zero-order valence-electron chi connectivity index (χ0n) is 15.1. The van der Waals surface area contributed by atoms with Crippen molar-refractivity contribution in [2.24, 2.45) is 0 Å². The summed E-state index contributed by atoms with van der Waals surface area (Å²) in [5.74, 6) is 0.437. The van der Waals surface area contributed by atoms with E-state index < -0.39 is 0 Å². The van der Waals surface area contributed by atoms with Gasteiger partial charge >= 0.3 is 0 Å². The van der Waals surface area contributed by atoms with Crippen LogP contribution in [-0.4, -0.2) is 28.1 Å². The number of halogens is 1. The van der Waals surface area contributed by atoms with Crippen molar-refractivity contribution in [2.45, 2.75) is 19.7 Å². The van der Waals surface area contributed by atoms with Gasteiger partial charge in [-0.3, -0.25) is 9.88 Å². The Hall–Kier alpha value is -2.76. The highest BCUT2D eigenvalue weighted by Crippen LogP contribution is 2.17. The van der Waals surface area contributed by atoms with Crippen LogP contribution >= 0.6 is 0 Å². The maximum Gasteiger partial charge on any atom is 0.129 e. The van der Waals surface area contributed by atoms with Gasteiger partial charge in [-0.1, -0.05) is 36.4 Å². The Morgan fingerprint density at radius 1 is 0.926 bits per heavy atom. The average molecular weight is 366 g/mol. The van der Waals surface area contributed by atoms with Gasteiger partial charge in [0.2, 0.25) is 0 Å². The van der Waals surface area contributed by atoms with Gasteiger partial charge in [-0.05, 0) is 35.4 Å². The summed E-state index contributed by atoms with van der Waals surface area (Å²) in [6.45, 7) is 2.32. The minimum atomic E-state index is -0.260. The van der Waals surface area contributed by atoms with Gasteiger partial charge in [0.05, 0.1) is 6.61 Å². The van der Waals surface area contributed by atoms with Crippen LogP contribution in [0.15, 0.2) is 73.1 Å². The van der Waals surface area contributed by atoms with E-state index in [-0.39, 0.29) is 19.0 Å². The van der Waals surface area contributed by atoms with Gasteiger partial charge in [0.15, 0.2) is 0 Å². The van der Waals surface area contributed by atoms with Crippen molar-refractivity contribution in [3.05, 3.63) is 95.6 Å². The fourth-order valence-corrected chi connectivity index (χ4v) is 2.83. The first-order chi connectivity index (χ1) is 13.2. The monoisotopic (exact) mass is 366 g/mol. The standard InChI is InChI=1S/C22H23FN2O2/c23-22-6-2-1-5-20(22)17-27-21-9-7-18(8-10-21)15-25(12-13-26)16-19-4-3-11-24-14-19/h1-11,14,26H,12-13,15-17H2. The molecule has 0 atom stereocenters. The Labute approximate surface area is 158 Å². The fraction of sp³-hybridized carbons (Fsp3) is 0.227. The lowest BCUT2D eigenvalue weighted by Gasteiger charge is -2.21. The zero-order valence-corrected chi connectivity index (χ0v) is 15.1. The normalized spacial score (nSPS) is 10.9. The molecule has 27 heavy (non-hydrogen) atoms. The molecular formula is C22H23FN2O2. The lowest BCUT2D eigenvalue weighted by Crippen LogP contribution is -2.26. The quantitative estimate of drug-likeness (QED) is 0.626. The smallest absolute Gasteiger partial charge is 0.129 e. The van der Waals surface area contributed by atoms with E-state index in [4.69, 9.17) is 4.74 Å². The van der Waals surface area contributed by atoms with E-state index in [0.717, 1.165) is 17.7 Å². The lowest BCUT2D eigenvalue weighted by atomic mass is 10.2. The first-order valence-electron chi connectivity index (χ1n) is 8.92. The van der Waals surface area contributed by atoms with Crippen LogP contribution in [0.25, 0.3) is 0 Å². The SMILES string of the molecule is OCCN(Cc1ccc(OCc2ccccc2F)cc1)Cc1cccnc1. The molecule has 0 aliphatic carbocycles. The molecule has 0 spiro atoms. The van der Waals surface area contributed by atoms with Crippen LogP contribution in [0.3, 0.4) is 0 Å². The van der Waals surface area contributed by atoms with Crippen molar-refractivity contribution < 1.29 is 14.2 Å². The summed E-state index contributed by atoms with van der Waals surface area (Å²) < 4.78 is 19.3. The van der Waals surface area contributed by atoms with Gasteiger partial charge in [0.1, 0.15) is 18.2 Å². The molecule has 0 saturated carbocycles. The predicted molar refractivity (Wildman–Crippen MR) is 103 cm³/mol. The summed E-state index contributed by atoms with van der Waals surface area (Å²) in [7, 11) is 0. The van der Waals surface area contributed by atoms with Crippen molar-refractivity contribution in [3.63, 3.8) is 0 Å². The highest BCUT2D eigenvalue weighted by molar-refractivity contribution is 5.28. The molecule has 0 aliphatic heterocycles. The third-order valence-electron chi connectivity index (χ3n) is 4.23. The van der Waals surface area contributed by atoms with Crippen LogP contribution in [0.4, 0.5) is 4.39 Å². The van der Waals surface area contributed by atoms with E-state index in [0.29, 0.717) is 24.4 Å². The largest absolute Gasteiger partial charge is 0.489 e. The number of benzene rings is 2. The molecule has 0 fully saturated rings. The Balaban J connectivity index is 1.57. The number of ether oxygens (including phenoxy) is 1. The summed E-state index contributed by atoms with van der Waals surface area (Å²) >= 11 is 0. The van der Waals surface area contributed by atoms with Crippen molar-refractivity contribution in [1.82, 2.24) is 9.88 Å². The van der Waals surface area contributed by atoms with Crippen LogP contribution in [0, 0.1) is 5.82 Å². The number of aliphatic hydroxyl groups is 1. The van der Waals surface area contributed by atoms with Gasteiger partial charge in [-0.25, -0.2) is 4.39 Å². The maximum atomic E-state index is 13.6. The van der Waals surface area contributed by atoms with Crippen molar-refractivity contribution in [1.29, 1.82) is 0 Å². The van der Waals surface area contributed by atoms with Crippen LogP contribution in [0.1, 0.15) is 16.7 Å². The summed E-state index contributed by atoms with van der Waals surface area (Å²) in [6, 6.07) is 18.3. The molecule has 2 aromatic carbocycles. The Morgan fingerprint density at radius 3 is 2.41 bits per heavy atom. The van der Waals surface area contributed by atoms with Crippen LogP contribution < -0.4 is 4.74 Å². The molecule has 1 heterocycles. The second-order valence-corrected chi connectivity index (χ2v) is 6.32. The van der Waals surface area contributed by atoms with Crippen LogP contribution in [0.5, 0.6) is 5.75 Å². The summed E-state index contributed by atoms with van der Waals surface area (Å²) in [4.78, 5) is 6.29. The Kier molecular flexibility index (Phi) is 6.90. The number of nitrogens with zero attached hydrogens (tertiary/aromatic N) is 2. The van der Waals surface area contributed by atoms with E-state index in [1.54, 1.807) is 24.4 Å². The van der Waals surface area contributed by atoms with Crippen molar-refractivity contribution in [2.75, 3.05) is 13.2 Å². The lowest BCUT2D eigenvalue weighted by molar-refractivity contribution is 0.184. The Bertz CT molecular complexity index is 825. The predicted octanol–water partition coefficient (Wildman–Crippen LogP) is 3.79. The number of rotatable bonds is 9. The summed E-state index contributed by atoms with van der Waals surface area (Å²) in [5.41, 5.74) is 2.76. The van der Waals surface area contributed by atoms with Gasteiger partial charge in [0, 0.05) is 37.6 Å². The van der Waals surface area contributed by atoms with E-state index >= 15 is 0 Å². The molecule has 0 amide bonds. The molecule has 0 bridgehead atoms. The maximum absolute atomic E-state index is 13.6. The van der Waals surface area contributed by atoms with Crippen molar-refractivity contribution >= 4 is 0 Å².